The zero-order valence-corrected chi connectivity index (χ0v) is 10.3. The Morgan fingerprint density at radius 1 is 0.938 bits per heavy atom. The van der Waals surface area contributed by atoms with Crippen molar-refractivity contribution in [3.63, 3.8) is 0 Å². The first-order chi connectivity index (χ1) is 7.78. The maximum Gasteiger partial charge on any atom is 0.0564 e. The van der Waals surface area contributed by atoms with E-state index in [4.69, 9.17) is 5.73 Å². The number of aliphatic hydroxyl groups is 1. The van der Waals surface area contributed by atoms with Crippen LogP contribution < -0.4 is 5.73 Å². The first kappa shape index (κ1) is 12.3. The molecule has 2 fully saturated rings. The summed E-state index contributed by atoms with van der Waals surface area (Å²) in [5.74, 6) is 1.68. The molecule has 3 nitrogen and oxygen atoms in total. The predicted molar refractivity (Wildman–Crippen MR) is 66.2 cm³/mol. The lowest BCUT2D eigenvalue weighted by molar-refractivity contribution is 0.0690. The molecule has 2 rings (SSSR count). The summed E-state index contributed by atoms with van der Waals surface area (Å²) in [7, 11) is 0. The van der Waals surface area contributed by atoms with Crippen molar-refractivity contribution in [1.29, 1.82) is 0 Å². The van der Waals surface area contributed by atoms with Crippen LogP contribution in [0.15, 0.2) is 0 Å². The molecule has 0 spiro atoms. The van der Waals surface area contributed by atoms with E-state index in [1.165, 1.54) is 32.2 Å². The summed E-state index contributed by atoms with van der Waals surface area (Å²) in [4.78, 5) is 2.54. The van der Waals surface area contributed by atoms with E-state index < -0.39 is 0 Å². The van der Waals surface area contributed by atoms with Crippen LogP contribution in [0.1, 0.15) is 38.5 Å². The lowest BCUT2D eigenvalue weighted by Crippen LogP contribution is -2.39. The van der Waals surface area contributed by atoms with Gasteiger partial charge in [0.2, 0.25) is 0 Å². The Bertz CT molecular complexity index is 194. The highest BCUT2D eigenvalue weighted by Gasteiger charge is 2.24. The Morgan fingerprint density at radius 3 is 2.06 bits per heavy atom. The first-order valence-corrected chi connectivity index (χ1v) is 6.88. The monoisotopic (exact) mass is 226 g/mol. The van der Waals surface area contributed by atoms with Crippen LogP contribution in [0.2, 0.25) is 0 Å². The molecular formula is C13H26N2O. The summed E-state index contributed by atoms with van der Waals surface area (Å²) in [5, 5.41) is 9.46. The topological polar surface area (TPSA) is 49.5 Å². The summed E-state index contributed by atoms with van der Waals surface area (Å²) in [6.07, 6.45) is 7.29. The van der Waals surface area contributed by atoms with E-state index in [9.17, 15) is 5.11 Å². The molecule has 0 bridgehead atoms. The summed E-state index contributed by atoms with van der Waals surface area (Å²) in [6.45, 7) is 4.32. The van der Waals surface area contributed by atoms with E-state index in [0.717, 1.165) is 44.3 Å². The van der Waals surface area contributed by atoms with Crippen LogP contribution in [-0.4, -0.2) is 42.3 Å². The van der Waals surface area contributed by atoms with E-state index in [0.29, 0.717) is 0 Å². The average Bonchev–Trinajstić information content (AvgIpc) is 2.33. The van der Waals surface area contributed by atoms with Gasteiger partial charge in [-0.05, 0) is 56.9 Å². The van der Waals surface area contributed by atoms with Crippen LogP contribution in [0.25, 0.3) is 0 Å². The van der Waals surface area contributed by atoms with Gasteiger partial charge in [-0.1, -0.05) is 0 Å². The van der Waals surface area contributed by atoms with Crippen molar-refractivity contribution in [2.45, 2.75) is 44.6 Å². The number of rotatable bonds is 3. The third kappa shape index (κ3) is 3.44. The molecule has 0 atom stereocenters. The molecule has 1 aliphatic heterocycles. The lowest BCUT2D eigenvalue weighted by Gasteiger charge is -2.35. The Morgan fingerprint density at radius 2 is 1.50 bits per heavy atom. The molecule has 3 heteroatoms. The zero-order valence-electron chi connectivity index (χ0n) is 10.3. The highest BCUT2D eigenvalue weighted by molar-refractivity contribution is 4.78. The molecule has 0 aromatic rings. The quantitative estimate of drug-likeness (QED) is 0.760. The van der Waals surface area contributed by atoms with Crippen LogP contribution in [0, 0.1) is 11.8 Å². The van der Waals surface area contributed by atoms with Crippen LogP contribution in [0.3, 0.4) is 0 Å². The van der Waals surface area contributed by atoms with Gasteiger partial charge in [0.25, 0.3) is 0 Å². The van der Waals surface area contributed by atoms with Gasteiger partial charge in [-0.25, -0.2) is 0 Å². The summed E-state index contributed by atoms with van der Waals surface area (Å²) in [5.41, 5.74) is 5.71. The van der Waals surface area contributed by atoms with Crippen molar-refractivity contribution in [1.82, 2.24) is 4.90 Å². The molecular weight excluding hydrogens is 200 g/mol. The van der Waals surface area contributed by atoms with Gasteiger partial charge in [0.05, 0.1) is 6.10 Å². The molecule has 1 saturated carbocycles. The van der Waals surface area contributed by atoms with Gasteiger partial charge < -0.3 is 15.7 Å². The van der Waals surface area contributed by atoms with Crippen molar-refractivity contribution in [2.75, 3.05) is 26.2 Å². The maximum absolute atomic E-state index is 9.46. The van der Waals surface area contributed by atoms with Gasteiger partial charge >= 0.3 is 0 Å². The fraction of sp³-hybridized carbons (Fsp3) is 1.00. The number of aliphatic hydroxyl groups excluding tert-OH is 1. The minimum atomic E-state index is -0.0378. The Kier molecular flexibility index (Phi) is 4.62. The maximum atomic E-state index is 9.46. The summed E-state index contributed by atoms with van der Waals surface area (Å²) >= 11 is 0. The van der Waals surface area contributed by atoms with Crippen molar-refractivity contribution in [3.05, 3.63) is 0 Å². The van der Waals surface area contributed by atoms with E-state index in [-0.39, 0.29) is 6.10 Å². The molecule has 1 aliphatic carbocycles. The third-order valence-corrected chi connectivity index (χ3v) is 4.37. The van der Waals surface area contributed by atoms with Gasteiger partial charge in [0, 0.05) is 19.6 Å². The number of piperidine rings is 1. The van der Waals surface area contributed by atoms with Gasteiger partial charge in [0.1, 0.15) is 0 Å². The molecule has 0 amide bonds. The normalized spacial score (nSPS) is 34.1. The second-order valence-electron chi connectivity index (χ2n) is 5.65. The van der Waals surface area contributed by atoms with Crippen LogP contribution in [-0.2, 0) is 0 Å². The number of hydrogen-bond donors (Lipinski definition) is 2. The first-order valence-electron chi connectivity index (χ1n) is 6.88. The van der Waals surface area contributed by atoms with Gasteiger partial charge in [-0.3, -0.25) is 0 Å². The van der Waals surface area contributed by atoms with Crippen molar-refractivity contribution in [3.8, 4) is 0 Å². The van der Waals surface area contributed by atoms with Crippen LogP contribution in [0.4, 0.5) is 0 Å². The molecule has 0 radical (unpaired) electrons. The van der Waals surface area contributed by atoms with Gasteiger partial charge in [0.15, 0.2) is 0 Å². The molecule has 3 N–H and O–H groups in total. The molecule has 0 aromatic carbocycles. The second kappa shape index (κ2) is 5.99. The number of likely N-dealkylation sites (tertiary alicyclic amines) is 1. The zero-order chi connectivity index (χ0) is 11.4. The number of hydrogen-bond acceptors (Lipinski definition) is 3. The van der Waals surface area contributed by atoms with Crippen LogP contribution in [0.5, 0.6) is 0 Å². The molecule has 0 aromatic heterocycles. The van der Waals surface area contributed by atoms with Gasteiger partial charge in [-0.15, -0.1) is 0 Å². The molecule has 1 heterocycles. The Hall–Kier alpha value is -0.120. The average molecular weight is 226 g/mol. The predicted octanol–water partition coefficient (Wildman–Crippen LogP) is 1.21. The van der Waals surface area contributed by atoms with E-state index >= 15 is 0 Å². The minimum absolute atomic E-state index is 0.0378. The highest BCUT2D eigenvalue weighted by Crippen LogP contribution is 2.29. The summed E-state index contributed by atoms with van der Waals surface area (Å²) < 4.78 is 0. The largest absolute Gasteiger partial charge is 0.393 e. The molecule has 1 saturated heterocycles. The highest BCUT2D eigenvalue weighted by atomic mass is 16.3. The van der Waals surface area contributed by atoms with E-state index in [2.05, 4.69) is 4.90 Å². The SMILES string of the molecule is NCC1CCC(CN2CCC(O)CC2)CC1. The Labute approximate surface area is 99.0 Å². The number of nitrogens with two attached hydrogens (primary N) is 1. The van der Waals surface area contributed by atoms with Crippen molar-refractivity contribution in [2.24, 2.45) is 17.6 Å². The van der Waals surface area contributed by atoms with Crippen LogP contribution >= 0.6 is 0 Å². The van der Waals surface area contributed by atoms with E-state index in [1.54, 1.807) is 0 Å². The van der Waals surface area contributed by atoms with Crippen molar-refractivity contribution < 1.29 is 5.11 Å². The smallest absolute Gasteiger partial charge is 0.0564 e. The minimum Gasteiger partial charge on any atom is -0.393 e. The molecule has 2 aliphatic rings. The van der Waals surface area contributed by atoms with Gasteiger partial charge in [-0.2, -0.15) is 0 Å². The standard InChI is InChI=1S/C13H26N2O/c14-9-11-1-3-12(4-2-11)10-15-7-5-13(16)6-8-15/h11-13,16H,1-10,14H2. The molecule has 16 heavy (non-hydrogen) atoms. The second-order valence-corrected chi connectivity index (χ2v) is 5.65. The fourth-order valence-electron chi connectivity index (χ4n) is 3.12. The molecule has 0 unspecified atom stereocenters. The van der Waals surface area contributed by atoms with Crippen molar-refractivity contribution >= 4 is 0 Å². The van der Waals surface area contributed by atoms with E-state index in [1.807, 2.05) is 0 Å². The summed E-state index contributed by atoms with van der Waals surface area (Å²) in [6, 6.07) is 0. The Balaban J connectivity index is 1.66. The third-order valence-electron chi connectivity index (χ3n) is 4.37. The lowest BCUT2D eigenvalue weighted by atomic mass is 9.81. The fourth-order valence-corrected chi connectivity index (χ4v) is 3.12. The number of nitrogens with zero attached hydrogens (tertiary/aromatic N) is 1. The molecule has 94 valence electrons.